The van der Waals surface area contributed by atoms with Crippen molar-refractivity contribution in [2.45, 2.75) is 13.8 Å². The zero-order valence-electron chi connectivity index (χ0n) is 21.1. The van der Waals surface area contributed by atoms with Gasteiger partial charge in [-0.25, -0.2) is 0 Å². The highest BCUT2D eigenvalue weighted by atomic mass is 16.5. The van der Waals surface area contributed by atoms with Crippen LogP contribution in [0.25, 0.3) is 22.0 Å². The fraction of sp³-hybridized carbons (Fsp3) is 0.310. The molecule has 0 amide bonds. The van der Waals surface area contributed by atoms with Crippen LogP contribution in [0.4, 0.5) is 11.4 Å². The van der Waals surface area contributed by atoms with E-state index in [1.54, 1.807) is 12.4 Å². The summed E-state index contributed by atoms with van der Waals surface area (Å²) >= 11 is 0. The molecule has 0 bridgehead atoms. The maximum absolute atomic E-state index is 9.81. The van der Waals surface area contributed by atoms with Crippen molar-refractivity contribution >= 4 is 22.3 Å². The highest BCUT2D eigenvalue weighted by molar-refractivity contribution is 5.92. The number of rotatable bonds is 7. The van der Waals surface area contributed by atoms with Gasteiger partial charge in [-0.2, -0.15) is 5.26 Å². The Bertz CT molecular complexity index is 1390. The van der Waals surface area contributed by atoms with E-state index in [0.717, 1.165) is 77.7 Å². The Kier molecular flexibility index (Phi) is 6.90. The van der Waals surface area contributed by atoms with E-state index in [9.17, 15) is 5.26 Å². The van der Waals surface area contributed by atoms with E-state index in [4.69, 9.17) is 4.74 Å². The van der Waals surface area contributed by atoms with E-state index < -0.39 is 0 Å². The van der Waals surface area contributed by atoms with Crippen molar-refractivity contribution in [3.63, 3.8) is 0 Å². The van der Waals surface area contributed by atoms with E-state index in [1.807, 2.05) is 24.3 Å². The van der Waals surface area contributed by atoms with Gasteiger partial charge in [0.15, 0.2) is 0 Å². The molecule has 184 valence electrons. The van der Waals surface area contributed by atoms with Crippen LogP contribution in [-0.2, 0) is 0 Å². The molecule has 3 heterocycles. The lowest BCUT2D eigenvalue weighted by Crippen LogP contribution is -2.45. The molecule has 0 unspecified atom stereocenters. The number of likely N-dealkylation sites (N-methyl/N-ethyl adjacent to an activating group) is 1. The van der Waals surface area contributed by atoms with Gasteiger partial charge in [0.1, 0.15) is 18.4 Å². The summed E-state index contributed by atoms with van der Waals surface area (Å²) in [6, 6.07) is 16.6. The maximum Gasteiger partial charge on any atom is 0.119 e. The van der Waals surface area contributed by atoms with Crippen molar-refractivity contribution < 1.29 is 4.74 Å². The molecule has 0 saturated carbocycles. The summed E-state index contributed by atoms with van der Waals surface area (Å²) in [5.74, 6) is 0.843. The molecule has 0 atom stereocenters. The number of fused-ring (bicyclic) bond motifs is 1. The second-order valence-electron chi connectivity index (χ2n) is 9.52. The quantitative estimate of drug-likeness (QED) is 0.384. The first-order chi connectivity index (χ1) is 17.5. The van der Waals surface area contributed by atoms with Crippen LogP contribution in [0.3, 0.4) is 0 Å². The minimum absolute atomic E-state index is 0.504. The largest absolute Gasteiger partial charge is 0.492 e. The molecule has 1 saturated heterocycles. The molecule has 7 nitrogen and oxygen atoms in total. The van der Waals surface area contributed by atoms with Gasteiger partial charge in [0.05, 0.1) is 11.3 Å². The number of ether oxygens (including phenoxy) is 1. The summed E-state index contributed by atoms with van der Waals surface area (Å²) in [6.45, 7) is 10.2. The summed E-state index contributed by atoms with van der Waals surface area (Å²) in [6.07, 6.45) is 3.41. The zero-order chi connectivity index (χ0) is 25.1. The first-order valence-corrected chi connectivity index (χ1v) is 12.4. The Hall–Kier alpha value is -3.86. The van der Waals surface area contributed by atoms with Crippen molar-refractivity contribution in [1.82, 2.24) is 19.8 Å². The Morgan fingerprint density at radius 3 is 2.58 bits per heavy atom. The van der Waals surface area contributed by atoms with Gasteiger partial charge in [-0.1, -0.05) is 12.1 Å². The zero-order valence-corrected chi connectivity index (χ0v) is 21.1. The number of pyridine rings is 1. The van der Waals surface area contributed by atoms with Crippen molar-refractivity contribution in [1.29, 1.82) is 5.26 Å². The van der Waals surface area contributed by atoms with Crippen molar-refractivity contribution in [2.75, 3.05) is 51.7 Å². The summed E-state index contributed by atoms with van der Waals surface area (Å²) in [4.78, 5) is 12.5. The molecule has 0 radical (unpaired) electrons. The number of H-pyrrole nitrogens is 1. The number of nitrogens with zero attached hydrogens (tertiary/aromatic N) is 4. The molecular formula is C29H32N6O. The molecular weight excluding hydrogens is 448 g/mol. The molecule has 2 aromatic carbocycles. The lowest BCUT2D eigenvalue weighted by molar-refractivity contribution is 0.134. The van der Waals surface area contributed by atoms with E-state index in [0.29, 0.717) is 12.2 Å². The lowest BCUT2D eigenvalue weighted by atomic mass is 10.0. The summed E-state index contributed by atoms with van der Waals surface area (Å²) in [5.41, 5.74) is 7.44. The normalized spacial score (nSPS) is 14.6. The highest BCUT2D eigenvalue weighted by Crippen LogP contribution is 2.35. The van der Waals surface area contributed by atoms with Crippen LogP contribution in [0.2, 0.25) is 0 Å². The molecule has 4 aromatic rings. The van der Waals surface area contributed by atoms with Gasteiger partial charge in [-0.3, -0.25) is 9.88 Å². The smallest absolute Gasteiger partial charge is 0.119 e. The Morgan fingerprint density at radius 1 is 1.06 bits per heavy atom. The van der Waals surface area contributed by atoms with Gasteiger partial charge in [-0.15, -0.1) is 0 Å². The Morgan fingerprint density at radius 2 is 1.83 bits per heavy atom. The molecule has 0 aliphatic carbocycles. The predicted molar refractivity (Wildman–Crippen MR) is 145 cm³/mol. The summed E-state index contributed by atoms with van der Waals surface area (Å²) in [7, 11) is 2.17. The van der Waals surface area contributed by atoms with Gasteiger partial charge in [0.25, 0.3) is 0 Å². The number of nitrogens with one attached hydrogen (secondary N) is 2. The number of aryl methyl sites for hydroxylation is 2. The third-order valence-electron chi connectivity index (χ3n) is 6.97. The SMILES string of the molecule is Cc1cc2c(C)c(Nc3c(C#N)cncc3-c3ccc(OCCN4CCN(C)CC4)cc3)ccc2[nH]1. The van der Waals surface area contributed by atoms with Crippen molar-refractivity contribution in [3.05, 3.63) is 71.7 Å². The monoisotopic (exact) mass is 480 g/mol. The number of hydrogen-bond acceptors (Lipinski definition) is 6. The van der Waals surface area contributed by atoms with Crippen LogP contribution < -0.4 is 10.1 Å². The standard InChI is InChI=1S/C29H32N6O/c1-20-16-25-21(2)27(8-9-28(25)32-20)33-29-23(17-30)18-31-19-26(29)22-4-6-24(7-5-22)36-15-14-35-12-10-34(3)11-13-35/h4-9,16,18-19,32H,10-15H2,1-3H3,(H,31,33). The molecule has 7 heteroatoms. The van der Waals surface area contributed by atoms with Gasteiger partial charge in [-0.05, 0) is 62.4 Å². The van der Waals surface area contributed by atoms with Gasteiger partial charge >= 0.3 is 0 Å². The van der Waals surface area contributed by atoms with Crippen LogP contribution >= 0.6 is 0 Å². The van der Waals surface area contributed by atoms with Crippen LogP contribution in [0.5, 0.6) is 5.75 Å². The van der Waals surface area contributed by atoms with Gasteiger partial charge < -0.3 is 19.9 Å². The maximum atomic E-state index is 9.81. The van der Waals surface area contributed by atoms with Crippen molar-refractivity contribution in [2.24, 2.45) is 0 Å². The molecule has 2 N–H and O–H groups in total. The molecule has 5 rings (SSSR count). The molecule has 1 aliphatic rings. The average Bonchev–Trinajstić information content (AvgIpc) is 3.28. The second kappa shape index (κ2) is 10.4. The number of nitriles is 1. The first-order valence-electron chi connectivity index (χ1n) is 12.4. The number of aromatic amines is 1. The van der Waals surface area contributed by atoms with E-state index in [-0.39, 0.29) is 0 Å². The molecule has 1 fully saturated rings. The second-order valence-corrected chi connectivity index (χ2v) is 9.52. The minimum atomic E-state index is 0.504. The number of hydrogen-bond donors (Lipinski definition) is 2. The lowest BCUT2D eigenvalue weighted by Gasteiger charge is -2.32. The molecule has 1 aliphatic heterocycles. The van der Waals surface area contributed by atoms with Crippen LogP contribution in [0.15, 0.2) is 54.9 Å². The minimum Gasteiger partial charge on any atom is -0.492 e. The Balaban J connectivity index is 1.34. The van der Waals surface area contributed by atoms with Crippen molar-refractivity contribution in [3.8, 4) is 22.9 Å². The third kappa shape index (κ3) is 5.06. The van der Waals surface area contributed by atoms with Gasteiger partial charge in [0.2, 0.25) is 0 Å². The summed E-state index contributed by atoms with van der Waals surface area (Å²) in [5, 5.41) is 14.5. The van der Waals surface area contributed by atoms with E-state index >= 15 is 0 Å². The van der Waals surface area contributed by atoms with Crippen LogP contribution in [0.1, 0.15) is 16.8 Å². The average molecular weight is 481 g/mol. The van der Waals surface area contributed by atoms with Gasteiger partial charge in [0, 0.05) is 73.0 Å². The Labute approximate surface area is 212 Å². The summed E-state index contributed by atoms with van der Waals surface area (Å²) < 4.78 is 6.01. The van der Waals surface area contributed by atoms with E-state index in [1.165, 1.54) is 5.39 Å². The molecule has 0 spiro atoms. The molecule has 2 aromatic heterocycles. The third-order valence-corrected chi connectivity index (χ3v) is 6.97. The number of piperazine rings is 1. The predicted octanol–water partition coefficient (Wildman–Crippen LogP) is 5.09. The molecule has 36 heavy (non-hydrogen) atoms. The van der Waals surface area contributed by atoms with E-state index in [2.05, 4.69) is 70.2 Å². The fourth-order valence-corrected chi connectivity index (χ4v) is 4.75. The topological polar surface area (TPSA) is 80.2 Å². The van der Waals surface area contributed by atoms with Crippen LogP contribution in [0, 0.1) is 25.2 Å². The first kappa shape index (κ1) is 23.9. The fourth-order valence-electron chi connectivity index (χ4n) is 4.75. The number of aromatic nitrogens is 2. The highest BCUT2D eigenvalue weighted by Gasteiger charge is 2.15. The number of benzene rings is 2. The number of anilines is 2. The van der Waals surface area contributed by atoms with Crippen LogP contribution in [-0.4, -0.2) is 66.1 Å².